The van der Waals surface area contributed by atoms with E-state index in [1.807, 2.05) is 18.3 Å². The van der Waals surface area contributed by atoms with Gasteiger partial charge in [0.05, 0.1) is 11.1 Å². The Morgan fingerprint density at radius 1 is 1.24 bits per heavy atom. The minimum atomic E-state index is -4.03. The molecule has 0 saturated carbocycles. The van der Waals surface area contributed by atoms with Crippen molar-refractivity contribution in [3.63, 3.8) is 0 Å². The highest BCUT2D eigenvalue weighted by atomic mass is 35.5. The summed E-state index contributed by atoms with van der Waals surface area (Å²) < 4.78 is 30.1. The molecule has 6 rings (SSSR count). The van der Waals surface area contributed by atoms with Gasteiger partial charge >= 0.3 is 0 Å². The van der Waals surface area contributed by atoms with Crippen molar-refractivity contribution >= 4 is 55.8 Å². The highest BCUT2D eigenvalue weighted by Crippen LogP contribution is 2.45. The SMILES string of the molecule is Cn1cc(C2C=CC(Cl)=CC2(C)S(=O)(=O)n2ccc3c(-c4cnc(C5(O)CCSC5)s4)ccnc32)cn1. The first-order valence-corrected chi connectivity index (χ1v) is 15.4. The number of halogens is 1. The summed E-state index contributed by atoms with van der Waals surface area (Å²) in [7, 11) is -2.24. The Labute approximate surface area is 227 Å². The van der Waals surface area contributed by atoms with Gasteiger partial charge in [0.1, 0.15) is 15.4 Å². The normalized spacial score (nSPS) is 26.2. The maximum Gasteiger partial charge on any atom is 0.250 e. The number of nitrogens with zero attached hydrogens (tertiary/aromatic N) is 5. The van der Waals surface area contributed by atoms with Crippen molar-refractivity contribution in [2.24, 2.45) is 7.05 Å². The average Bonchev–Trinajstić information content (AvgIpc) is 3.65. The predicted octanol–water partition coefficient (Wildman–Crippen LogP) is 4.63. The average molecular weight is 574 g/mol. The highest BCUT2D eigenvalue weighted by molar-refractivity contribution is 7.99. The van der Waals surface area contributed by atoms with E-state index in [-0.39, 0.29) is 0 Å². The lowest BCUT2D eigenvalue weighted by Crippen LogP contribution is -2.43. The van der Waals surface area contributed by atoms with Crippen LogP contribution in [0.25, 0.3) is 21.5 Å². The first kappa shape index (κ1) is 24.9. The predicted molar refractivity (Wildman–Crippen MR) is 148 cm³/mol. The number of thiazole rings is 1. The molecule has 0 aromatic carbocycles. The van der Waals surface area contributed by atoms with Crippen molar-refractivity contribution in [1.82, 2.24) is 23.7 Å². The maximum absolute atomic E-state index is 14.3. The molecule has 192 valence electrons. The van der Waals surface area contributed by atoms with Crippen LogP contribution in [0.15, 0.2) is 66.4 Å². The van der Waals surface area contributed by atoms with E-state index >= 15 is 0 Å². The third kappa shape index (κ3) is 3.90. The van der Waals surface area contributed by atoms with Crippen LogP contribution in [0.3, 0.4) is 0 Å². The second kappa shape index (κ2) is 8.81. The van der Waals surface area contributed by atoms with Crippen LogP contribution in [0.4, 0.5) is 0 Å². The van der Waals surface area contributed by atoms with Gasteiger partial charge in [0.25, 0.3) is 0 Å². The van der Waals surface area contributed by atoms with Gasteiger partial charge in [-0.05, 0) is 48.9 Å². The van der Waals surface area contributed by atoms with Gasteiger partial charge in [-0.25, -0.2) is 22.4 Å². The molecule has 1 fully saturated rings. The Bertz CT molecular complexity index is 1680. The molecule has 5 heterocycles. The topological polar surface area (TPSA) is 103 Å². The number of fused-ring (bicyclic) bond motifs is 1. The second-order valence-electron chi connectivity index (χ2n) is 9.57. The fourth-order valence-electron chi connectivity index (χ4n) is 5.04. The molecule has 1 aliphatic carbocycles. The number of thioether (sulfide) groups is 1. The zero-order valence-corrected chi connectivity index (χ0v) is 23.3. The molecule has 3 atom stereocenters. The Morgan fingerprint density at radius 2 is 2.08 bits per heavy atom. The van der Waals surface area contributed by atoms with E-state index in [1.54, 1.807) is 73.4 Å². The van der Waals surface area contributed by atoms with Crippen LogP contribution >= 0.6 is 34.7 Å². The molecule has 1 saturated heterocycles. The summed E-state index contributed by atoms with van der Waals surface area (Å²) in [6.07, 6.45) is 14.2. The number of pyridine rings is 1. The quantitative estimate of drug-likeness (QED) is 0.371. The fraction of sp³-hybridized carbons (Fsp3) is 0.320. The Balaban J connectivity index is 1.45. The van der Waals surface area contributed by atoms with Gasteiger partial charge in [-0.2, -0.15) is 16.9 Å². The van der Waals surface area contributed by atoms with Crippen LogP contribution in [-0.4, -0.2) is 53.5 Å². The molecular formula is C25H24ClN5O3S3. The summed E-state index contributed by atoms with van der Waals surface area (Å²) in [6, 6.07) is 3.62. The van der Waals surface area contributed by atoms with Crippen LogP contribution < -0.4 is 0 Å². The van der Waals surface area contributed by atoms with Gasteiger partial charge < -0.3 is 5.11 Å². The van der Waals surface area contributed by atoms with Crippen molar-refractivity contribution < 1.29 is 13.5 Å². The summed E-state index contributed by atoms with van der Waals surface area (Å²) in [4.78, 5) is 9.84. The zero-order valence-electron chi connectivity index (χ0n) is 20.1. The summed E-state index contributed by atoms with van der Waals surface area (Å²) >= 11 is 9.50. The third-order valence-electron chi connectivity index (χ3n) is 7.11. The lowest BCUT2D eigenvalue weighted by Gasteiger charge is -2.35. The molecule has 0 radical (unpaired) electrons. The van der Waals surface area contributed by atoms with Crippen LogP contribution in [0.2, 0.25) is 0 Å². The summed E-state index contributed by atoms with van der Waals surface area (Å²) in [5.74, 6) is 1.03. The van der Waals surface area contributed by atoms with Crippen molar-refractivity contribution in [1.29, 1.82) is 0 Å². The Hall–Kier alpha value is -2.44. The summed E-state index contributed by atoms with van der Waals surface area (Å²) in [5.41, 5.74) is 1.01. The molecular weight excluding hydrogens is 550 g/mol. The molecule has 4 aromatic heterocycles. The zero-order chi connectivity index (χ0) is 26.0. The van der Waals surface area contributed by atoms with Crippen molar-refractivity contribution in [2.45, 2.75) is 29.6 Å². The summed E-state index contributed by atoms with van der Waals surface area (Å²) in [6.45, 7) is 1.68. The van der Waals surface area contributed by atoms with E-state index in [9.17, 15) is 13.5 Å². The third-order valence-corrected chi connectivity index (χ3v) is 12.0. The van der Waals surface area contributed by atoms with Crippen molar-refractivity contribution in [2.75, 3.05) is 11.5 Å². The molecule has 0 spiro atoms. The van der Waals surface area contributed by atoms with Crippen LogP contribution in [0, 0.1) is 0 Å². The van der Waals surface area contributed by atoms with E-state index in [2.05, 4.69) is 15.1 Å². The molecule has 4 aromatic rings. The minimum Gasteiger partial charge on any atom is -0.382 e. The Kier molecular flexibility index (Phi) is 5.92. The van der Waals surface area contributed by atoms with Gasteiger partial charge in [-0.3, -0.25) is 4.68 Å². The first-order valence-electron chi connectivity index (χ1n) is 11.7. The van der Waals surface area contributed by atoms with Gasteiger partial charge in [-0.1, -0.05) is 17.7 Å². The lowest BCUT2D eigenvalue weighted by molar-refractivity contribution is 0.0655. The monoisotopic (exact) mass is 573 g/mol. The lowest BCUT2D eigenvalue weighted by atomic mass is 9.85. The molecule has 37 heavy (non-hydrogen) atoms. The van der Waals surface area contributed by atoms with Crippen molar-refractivity contribution in [3.8, 4) is 10.4 Å². The smallest absolute Gasteiger partial charge is 0.250 e. The molecule has 3 unspecified atom stereocenters. The van der Waals surface area contributed by atoms with Crippen molar-refractivity contribution in [3.05, 3.63) is 76.9 Å². The van der Waals surface area contributed by atoms with Gasteiger partial charge in [0.2, 0.25) is 10.0 Å². The van der Waals surface area contributed by atoms with Crippen LogP contribution in [0.5, 0.6) is 0 Å². The molecule has 0 amide bonds. The molecule has 2 aliphatic rings. The molecule has 12 heteroatoms. The standard InChI is InChI=1S/C25H24ClN5O3S3/c1-24(11-17(26)3-4-20(24)16-12-29-30(2)14-16)37(33,34)31-9-6-19-18(5-8-27-22(19)31)21-13-28-23(36-21)25(32)7-10-35-15-25/h3-6,8-9,11-14,20,32H,7,10,15H2,1-2H3. The summed E-state index contributed by atoms with van der Waals surface area (Å²) in [5, 5.41) is 16.9. The number of hydrogen-bond acceptors (Lipinski definition) is 8. The number of rotatable bonds is 5. The van der Waals surface area contributed by atoms with Crippen LogP contribution in [-0.2, 0) is 22.7 Å². The van der Waals surface area contributed by atoms with E-state index in [0.29, 0.717) is 33.2 Å². The number of aliphatic hydroxyl groups is 1. The van der Waals surface area contributed by atoms with E-state index in [1.165, 1.54) is 15.3 Å². The second-order valence-corrected chi connectivity index (χ2v) is 14.4. The number of aromatic nitrogens is 5. The van der Waals surface area contributed by atoms with Crippen LogP contribution in [0.1, 0.15) is 29.8 Å². The Morgan fingerprint density at radius 3 is 2.81 bits per heavy atom. The molecule has 1 N–H and O–H groups in total. The molecule has 8 nitrogen and oxygen atoms in total. The first-order chi connectivity index (χ1) is 17.6. The van der Waals surface area contributed by atoms with Gasteiger partial charge in [0, 0.05) is 59.5 Å². The van der Waals surface area contributed by atoms with Gasteiger partial charge in [0.15, 0.2) is 5.65 Å². The molecule has 0 bridgehead atoms. The fourth-order valence-corrected chi connectivity index (χ4v) is 9.64. The largest absolute Gasteiger partial charge is 0.382 e. The van der Waals surface area contributed by atoms with E-state index < -0.39 is 26.3 Å². The number of aryl methyl sites for hydroxylation is 1. The minimum absolute atomic E-state index is 0.327. The number of allylic oxidation sites excluding steroid dienone is 3. The molecule has 1 aliphatic heterocycles. The highest BCUT2D eigenvalue weighted by Gasteiger charge is 2.48. The van der Waals surface area contributed by atoms with E-state index in [0.717, 1.165) is 21.8 Å². The van der Waals surface area contributed by atoms with Gasteiger partial charge in [-0.15, -0.1) is 11.3 Å². The van der Waals surface area contributed by atoms with E-state index in [4.69, 9.17) is 11.6 Å². The maximum atomic E-state index is 14.3. The number of hydrogen-bond donors (Lipinski definition) is 1.